The number of benzene rings is 1. The lowest BCUT2D eigenvalue weighted by Crippen LogP contribution is -2.37. The van der Waals surface area contributed by atoms with E-state index in [-0.39, 0.29) is 11.7 Å². The SMILES string of the molecule is CCn1c(C2CCN(C(=O)C=Cc3ccc(F)cc3)CC2)n[nH]c1=S. The van der Waals surface area contributed by atoms with E-state index in [1.807, 2.05) is 16.4 Å². The van der Waals surface area contributed by atoms with Crippen molar-refractivity contribution in [1.82, 2.24) is 19.7 Å². The van der Waals surface area contributed by atoms with Crippen molar-refractivity contribution in [3.63, 3.8) is 0 Å². The van der Waals surface area contributed by atoms with Crippen LogP contribution in [0.3, 0.4) is 0 Å². The van der Waals surface area contributed by atoms with E-state index in [0.29, 0.717) is 23.8 Å². The second-order valence-electron chi connectivity index (χ2n) is 6.12. The fraction of sp³-hybridized carbons (Fsp3) is 0.389. The third kappa shape index (κ3) is 4.04. The summed E-state index contributed by atoms with van der Waals surface area (Å²) in [4.78, 5) is 14.2. The predicted molar refractivity (Wildman–Crippen MR) is 97.1 cm³/mol. The first-order chi connectivity index (χ1) is 12.1. The Morgan fingerprint density at radius 1 is 1.36 bits per heavy atom. The van der Waals surface area contributed by atoms with E-state index >= 15 is 0 Å². The number of aromatic nitrogens is 3. The molecule has 0 atom stereocenters. The maximum atomic E-state index is 12.9. The molecular formula is C18H21FN4OS. The summed E-state index contributed by atoms with van der Waals surface area (Å²) in [6, 6.07) is 6.07. The maximum Gasteiger partial charge on any atom is 0.246 e. The number of carbonyl (C=O) groups excluding carboxylic acids is 1. The van der Waals surface area contributed by atoms with E-state index in [2.05, 4.69) is 10.2 Å². The number of carbonyl (C=O) groups is 1. The van der Waals surface area contributed by atoms with Crippen LogP contribution in [-0.2, 0) is 11.3 Å². The van der Waals surface area contributed by atoms with E-state index in [1.54, 1.807) is 24.3 Å². The first kappa shape index (κ1) is 17.5. The third-order valence-corrected chi connectivity index (χ3v) is 4.88. The summed E-state index contributed by atoms with van der Waals surface area (Å²) in [6.45, 7) is 4.24. The molecule has 2 heterocycles. The Bertz CT molecular complexity index is 816. The first-order valence-electron chi connectivity index (χ1n) is 8.46. The van der Waals surface area contributed by atoms with Gasteiger partial charge in [0.05, 0.1) is 0 Å². The van der Waals surface area contributed by atoms with Crippen LogP contribution in [0.2, 0.25) is 0 Å². The minimum Gasteiger partial charge on any atom is -0.339 e. The lowest BCUT2D eigenvalue weighted by molar-refractivity contribution is -0.127. The zero-order valence-corrected chi connectivity index (χ0v) is 14.9. The van der Waals surface area contributed by atoms with Crippen molar-refractivity contribution in [1.29, 1.82) is 0 Å². The van der Waals surface area contributed by atoms with E-state index in [0.717, 1.165) is 30.8 Å². The molecule has 5 nitrogen and oxygen atoms in total. The number of aromatic amines is 1. The molecule has 0 unspecified atom stereocenters. The topological polar surface area (TPSA) is 53.9 Å². The highest BCUT2D eigenvalue weighted by Crippen LogP contribution is 2.27. The molecule has 7 heteroatoms. The van der Waals surface area contributed by atoms with Crippen LogP contribution in [0.15, 0.2) is 30.3 Å². The molecule has 0 saturated carbocycles. The monoisotopic (exact) mass is 360 g/mol. The molecular weight excluding hydrogens is 339 g/mol. The van der Waals surface area contributed by atoms with Crippen molar-refractivity contribution in [2.24, 2.45) is 0 Å². The standard InChI is InChI=1S/C18H21FN4OS/c1-2-23-17(20-21-18(23)25)14-9-11-22(12-10-14)16(24)8-5-13-3-6-15(19)7-4-13/h3-8,14H,2,9-12H2,1H3,(H,21,25). The summed E-state index contributed by atoms with van der Waals surface area (Å²) >= 11 is 5.24. The Morgan fingerprint density at radius 3 is 2.68 bits per heavy atom. The van der Waals surface area contributed by atoms with E-state index < -0.39 is 0 Å². The second-order valence-corrected chi connectivity index (χ2v) is 6.50. The third-order valence-electron chi connectivity index (χ3n) is 4.56. The van der Waals surface area contributed by atoms with Gasteiger partial charge in [0.1, 0.15) is 11.6 Å². The summed E-state index contributed by atoms with van der Waals surface area (Å²) in [6.07, 6.45) is 5.01. The van der Waals surface area contributed by atoms with Gasteiger partial charge < -0.3 is 9.47 Å². The molecule has 1 saturated heterocycles. The van der Waals surface area contributed by atoms with E-state index in [4.69, 9.17) is 12.2 Å². The predicted octanol–water partition coefficient (Wildman–Crippen LogP) is 3.52. The van der Waals surface area contributed by atoms with Crippen LogP contribution in [0.5, 0.6) is 0 Å². The van der Waals surface area contributed by atoms with Gasteiger partial charge in [-0.2, -0.15) is 5.10 Å². The van der Waals surface area contributed by atoms with Gasteiger partial charge in [0.25, 0.3) is 0 Å². The summed E-state index contributed by atoms with van der Waals surface area (Å²) in [7, 11) is 0. The smallest absolute Gasteiger partial charge is 0.246 e. The van der Waals surface area contributed by atoms with Gasteiger partial charge in [-0.25, -0.2) is 4.39 Å². The Kier molecular flexibility index (Phi) is 5.43. The Labute approximate surface area is 151 Å². The molecule has 1 aromatic carbocycles. The number of hydrogen-bond acceptors (Lipinski definition) is 3. The summed E-state index contributed by atoms with van der Waals surface area (Å²) in [5, 5.41) is 7.22. The molecule has 132 valence electrons. The van der Waals surface area contributed by atoms with Crippen LogP contribution in [0.25, 0.3) is 6.08 Å². The number of hydrogen-bond donors (Lipinski definition) is 1. The molecule has 2 aromatic rings. The van der Waals surface area contributed by atoms with Gasteiger partial charge in [0, 0.05) is 31.6 Å². The number of nitrogens with one attached hydrogen (secondary N) is 1. The van der Waals surface area contributed by atoms with Crippen molar-refractivity contribution in [2.75, 3.05) is 13.1 Å². The largest absolute Gasteiger partial charge is 0.339 e. The fourth-order valence-electron chi connectivity index (χ4n) is 3.15. The molecule has 3 rings (SSSR count). The molecule has 0 bridgehead atoms. The Hall–Kier alpha value is -2.28. The Morgan fingerprint density at radius 2 is 2.04 bits per heavy atom. The van der Waals surface area contributed by atoms with Gasteiger partial charge in [0.2, 0.25) is 5.91 Å². The number of H-pyrrole nitrogens is 1. The van der Waals surface area contributed by atoms with Crippen LogP contribution in [0.1, 0.15) is 37.1 Å². The number of piperidine rings is 1. The molecule has 1 fully saturated rings. The number of amides is 1. The van der Waals surface area contributed by atoms with E-state index in [9.17, 15) is 9.18 Å². The summed E-state index contributed by atoms with van der Waals surface area (Å²) < 4.78 is 15.6. The van der Waals surface area contributed by atoms with Crippen LogP contribution < -0.4 is 0 Å². The van der Waals surface area contributed by atoms with Crippen molar-refractivity contribution in [2.45, 2.75) is 32.2 Å². The summed E-state index contributed by atoms with van der Waals surface area (Å²) in [5.41, 5.74) is 0.808. The highest BCUT2D eigenvalue weighted by Gasteiger charge is 2.26. The van der Waals surface area contributed by atoms with Gasteiger partial charge >= 0.3 is 0 Å². The molecule has 1 aliphatic rings. The number of halogens is 1. The van der Waals surface area contributed by atoms with Crippen LogP contribution in [0.4, 0.5) is 4.39 Å². The normalized spacial score (nSPS) is 15.8. The van der Waals surface area contributed by atoms with Gasteiger partial charge in [-0.15, -0.1) is 0 Å². The molecule has 1 N–H and O–H groups in total. The number of likely N-dealkylation sites (tertiary alicyclic amines) is 1. The highest BCUT2D eigenvalue weighted by molar-refractivity contribution is 7.71. The van der Waals surface area contributed by atoms with Gasteiger partial charge in [0.15, 0.2) is 4.77 Å². The minimum atomic E-state index is -0.282. The average Bonchev–Trinajstić information content (AvgIpc) is 3.01. The maximum absolute atomic E-state index is 12.9. The average molecular weight is 360 g/mol. The van der Waals surface area contributed by atoms with Crippen LogP contribution in [-0.4, -0.2) is 38.7 Å². The van der Waals surface area contributed by atoms with Crippen molar-refractivity contribution < 1.29 is 9.18 Å². The first-order valence-corrected chi connectivity index (χ1v) is 8.87. The van der Waals surface area contributed by atoms with Crippen LogP contribution >= 0.6 is 12.2 Å². The van der Waals surface area contributed by atoms with Crippen molar-refractivity contribution in [3.8, 4) is 0 Å². The van der Waals surface area contributed by atoms with Gasteiger partial charge in [-0.05, 0) is 55.8 Å². The fourth-order valence-corrected chi connectivity index (χ4v) is 3.42. The number of rotatable bonds is 4. The molecule has 25 heavy (non-hydrogen) atoms. The molecule has 0 spiro atoms. The van der Waals surface area contributed by atoms with Gasteiger partial charge in [-0.1, -0.05) is 12.1 Å². The van der Waals surface area contributed by atoms with Crippen LogP contribution in [0, 0.1) is 10.6 Å². The molecule has 1 aliphatic heterocycles. The minimum absolute atomic E-state index is 0.0165. The molecule has 0 aliphatic carbocycles. The zero-order chi connectivity index (χ0) is 17.8. The lowest BCUT2D eigenvalue weighted by Gasteiger charge is -2.31. The Balaban J connectivity index is 1.59. The molecule has 1 amide bonds. The molecule has 0 radical (unpaired) electrons. The second kappa shape index (κ2) is 7.74. The quantitative estimate of drug-likeness (QED) is 0.670. The zero-order valence-electron chi connectivity index (χ0n) is 14.1. The van der Waals surface area contributed by atoms with Crippen molar-refractivity contribution in [3.05, 3.63) is 52.3 Å². The molecule has 1 aromatic heterocycles. The number of nitrogens with zero attached hydrogens (tertiary/aromatic N) is 3. The lowest BCUT2D eigenvalue weighted by atomic mass is 9.96. The van der Waals surface area contributed by atoms with E-state index in [1.165, 1.54) is 12.1 Å². The van der Waals surface area contributed by atoms with Crippen molar-refractivity contribution >= 4 is 24.2 Å². The summed E-state index contributed by atoms with van der Waals surface area (Å²) in [5.74, 6) is 1.01. The highest BCUT2D eigenvalue weighted by atomic mass is 32.1. The van der Waals surface area contributed by atoms with Gasteiger partial charge in [-0.3, -0.25) is 9.89 Å².